The van der Waals surface area contributed by atoms with E-state index in [-0.39, 0.29) is 15.8 Å². The van der Waals surface area contributed by atoms with Crippen molar-refractivity contribution in [2.45, 2.75) is 97.1 Å². The van der Waals surface area contributed by atoms with Gasteiger partial charge in [0.2, 0.25) is 0 Å². The van der Waals surface area contributed by atoms with Crippen molar-refractivity contribution in [2.75, 3.05) is 21.3 Å². The number of hydrogen-bond donors (Lipinski definition) is 0. The number of unbranched alkanes of at least 4 members (excludes halogenated alkanes) is 9. The molecule has 254 valence electrons. The highest BCUT2D eigenvalue weighted by molar-refractivity contribution is 7.97. The second-order valence-electron chi connectivity index (χ2n) is 11.4. The normalized spacial score (nSPS) is 11.1. The van der Waals surface area contributed by atoms with Crippen LogP contribution in [0, 0.1) is 0 Å². The summed E-state index contributed by atoms with van der Waals surface area (Å²) in [6.07, 6.45) is 14.0. The molecule has 0 heterocycles. The van der Waals surface area contributed by atoms with Crippen molar-refractivity contribution in [2.24, 2.45) is 0 Å². The maximum atomic E-state index is 10.8. The molecule has 0 amide bonds. The second-order valence-corrected chi connectivity index (χ2v) is 14.8. The molecule has 6 nitrogen and oxygen atoms in total. The van der Waals surface area contributed by atoms with Gasteiger partial charge in [-0.1, -0.05) is 76.8 Å². The first-order valence-electron chi connectivity index (χ1n) is 16.5. The van der Waals surface area contributed by atoms with E-state index in [1.807, 2.05) is 36.4 Å². The van der Waals surface area contributed by atoms with E-state index < -0.39 is 10.1 Å². The van der Waals surface area contributed by atoms with Gasteiger partial charge in [-0.3, -0.25) is 0 Å². The zero-order chi connectivity index (χ0) is 33.9. The summed E-state index contributed by atoms with van der Waals surface area (Å²) < 4.78 is 48.4. The summed E-state index contributed by atoms with van der Waals surface area (Å²) in [5.41, 5.74) is 1.10. The van der Waals surface area contributed by atoms with Crippen LogP contribution in [0.1, 0.15) is 76.7 Å². The van der Waals surface area contributed by atoms with Crippen molar-refractivity contribution < 1.29 is 27.2 Å². The van der Waals surface area contributed by atoms with Gasteiger partial charge in [0.25, 0.3) is 0 Å². The van der Waals surface area contributed by atoms with E-state index in [4.69, 9.17) is 14.2 Å². The molecule has 0 spiro atoms. The Hall–Kier alpha value is -3.46. The topological polar surface area (TPSA) is 84.9 Å². The van der Waals surface area contributed by atoms with Crippen LogP contribution in [0.3, 0.4) is 0 Å². The number of hydrogen-bond acceptors (Lipinski definition) is 6. The molecule has 0 fully saturated rings. The highest BCUT2D eigenvalue weighted by Gasteiger charge is 2.28. The zero-order valence-corrected chi connectivity index (χ0v) is 29.9. The SMILES string of the molecule is CCCCCCCCCCCCc1ccc(S(=O)(=O)[O-])cc1.COc1ccc([S+](c2ccc(OC)cc2)c2ccc(OC)cc2)cc1. The molecule has 0 unspecified atom stereocenters. The van der Waals surface area contributed by atoms with Crippen LogP contribution < -0.4 is 14.2 Å². The number of ether oxygens (including phenoxy) is 3. The van der Waals surface area contributed by atoms with E-state index in [2.05, 4.69) is 43.3 Å². The molecule has 0 aromatic heterocycles. The monoisotopic (exact) mass is 678 g/mol. The molecular weight excluding hydrogens is 629 g/mol. The standard InChI is InChI=1S/C21H21O3S.C18H30O3S/c1-22-16-4-10-19(11-5-16)25(20-12-6-17(23-2)7-13-20)21-14-8-18(24-3)9-15-21;1-2-3-4-5-6-7-8-9-10-11-12-17-13-15-18(16-14-17)22(19,20)21/h4-15H,1-3H3;13-16H,2-12H2,1H3,(H,19,20,21)/q+1;/p-1. The smallest absolute Gasteiger partial charge is 0.166 e. The van der Waals surface area contributed by atoms with Crippen molar-refractivity contribution >= 4 is 21.0 Å². The predicted molar refractivity (Wildman–Crippen MR) is 191 cm³/mol. The van der Waals surface area contributed by atoms with Gasteiger partial charge < -0.3 is 18.8 Å². The van der Waals surface area contributed by atoms with E-state index >= 15 is 0 Å². The second kappa shape index (κ2) is 20.7. The largest absolute Gasteiger partial charge is 0.744 e. The lowest BCUT2D eigenvalue weighted by molar-refractivity contribution is 0.414. The third-order valence-corrected chi connectivity index (χ3v) is 11.0. The van der Waals surface area contributed by atoms with Crippen LogP contribution in [-0.4, -0.2) is 34.3 Å². The quantitative estimate of drug-likeness (QED) is 0.0592. The molecule has 0 atom stereocenters. The van der Waals surface area contributed by atoms with E-state index in [1.54, 1.807) is 33.5 Å². The van der Waals surface area contributed by atoms with E-state index in [9.17, 15) is 13.0 Å². The first-order chi connectivity index (χ1) is 22.8. The Balaban J connectivity index is 0.000000258. The molecule has 4 rings (SSSR count). The van der Waals surface area contributed by atoms with Crippen LogP contribution in [0.4, 0.5) is 0 Å². The van der Waals surface area contributed by atoms with E-state index in [1.165, 1.54) is 84.6 Å². The van der Waals surface area contributed by atoms with Crippen LogP contribution in [0.5, 0.6) is 17.2 Å². The molecular formula is C39H50O6S2. The molecule has 47 heavy (non-hydrogen) atoms. The lowest BCUT2D eigenvalue weighted by Gasteiger charge is -2.10. The molecule has 0 bridgehead atoms. The van der Waals surface area contributed by atoms with Crippen LogP contribution in [-0.2, 0) is 27.4 Å². The highest BCUT2D eigenvalue weighted by Crippen LogP contribution is 2.34. The maximum absolute atomic E-state index is 10.8. The molecule has 0 saturated heterocycles. The van der Waals surface area contributed by atoms with Gasteiger partial charge in [0.1, 0.15) is 27.4 Å². The Morgan fingerprint density at radius 3 is 1.17 bits per heavy atom. The predicted octanol–water partition coefficient (Wildman–Crippen LogP) is 9.86. The summed E-state index contributed by atoms with van der Waals surface area (Å²) in [4.78, 5) is 3.56. The van der Waals surface area contributed by atoms with Crippen LogP contribution >= 0.6 is 0 Å². The van der Waals surface area contributed by atoms with Gasteiger partial charge >= 0.3 is 0 Å². The van der Waals surface area contributed by atoms with E-state index in [0.717, 1.165) is 35.7 Å². The summed E-state index contributed by atoms with van der Waals surface area (Å²) in [6, 6.07) is 31.1. The lowest BCUT2D eigenvalue weighted by atomic mass is 10.0. The van der Waals surface area contributed by atoms with Crippen molar-refractivity contribution in [3.8, 4) is 17.2 Å². The maximum Gasteiger partial charge on any atom is 0.166 e. The Labute approximate surface area is 285 Å². The Kier molecular flexibility index (Phi) is 16.7. The molecule has 0 aliphatic heterocycles. The molecule has 0 N–H and O–H groups in total. The van der Waals surface area contributed by atoms with Gasteiger partial charge in [-0.15, -0.1) is 0 Å². The van der Waals surface area contributed by atoms with Gasteiger partial charge in [-0.05, 0) is 103 Å². The molecule has 0 saturated carbocycles. The summed E-state index contributed by atoms with van der Waals surface area (Å²) in [5.74, 6) is 2.57. The summed E-state index contributed by atoms with van der Waals surface area (Å²) in [6.45, 7) is 2.24. The van der Waals surface area contributed by atoms with Gasteiger partial charge in [-0.25, -0.2) is 8.42 Å². The molecule has 8 heteroatoms. The molecule has 0 radical (unpaired) electrons. The minimum Gasteiger partial charge on any atom is -0.744 e. The Bertz CT molecular complexity index is 1410. The van der Waals surface area contributed by atoms with Crippen molar-refractivity contribution in [3.05, 3.63) is 103 Å². The fraction of sp³-hybridized carbons (Fsp3) is 0.385. The summed E-state index contributed by atoms with van der Waals surface area (Å²) in [5, 5.41) is 0. The first-order valence-corrected chi connectivity index (χ1v) is 19.1. The van der Waals surface area contributed by atoms with Crippen molar-refractivity contribution in [1.29, 1.82) is 0 Å². The van der Waals surface area contributed by atoms with Crippen LogP contribution in [0.15, 0.2) is 117 Å². The third-order valence-electron chi connectivity index (χ3n) is 7.92. The molecule has 0 aliphatic rings. The van der Waals surface area contributed by atoms with Crippen molar-refractivity contribution in [3.63, 3.8) is 0 Å². The molecule has 0 aliphatic carbocycles. The third kappa shape index (κ3) is 13.3. The van der Waals surface area contributed by atoms with Crippen LogP contribution in [0.2, 0.25) is 0 Å². The average molecular weight is 679 g/mol. The summed E-state index contributed by atoms with van der Waals surface area (Å²) in [7, 11) is 0.521. The van der Waals surface area contributed by atoms with Gasteiger partial charge in [0, 0.05) is 0 Å². The van der Waals surface area contributed by atoms with E-state index in [0.29, 0.717) is 0 Å². The highest BCUT2D eigenvalue weighted by atomic mass is 32.2. The van der Waals surface area contributed by atoms with Crippen molar-refractivity contribution in [1.82, 2.24) is 0 Å². The fourth-order valence-electron chi connectivity index (χ4n) is 5.18. The van der Waals surface area contributed by atoms with Gasteiger partial charge in [0.15, 0.2) is 14.7 Å². The minimum absolute atomic E-state index is 0.140. The number of methoxy groups -OCH3 is 3. The number of aryl methyl sites for hydroxylation is 1. The zero-order valence-electron chi connectivity index (χ0n) is 28.3. The number of rotatable bonds is 18. The Morgan fingerprint density at radius 2 is 0.851 bits per heavy atom. The average Bonchev–Trinajstić information content (AvgIpc) is 3.10. The molecule has 4 aromatic rings. The fourth-order valence-corrected chi connectivity index (χ4v) is 7.69. The minimum atomic E-state index is -4.31. The summed E-state index contributed by atoms with van der Waals surface area (Å²) >= 11 is 0. The Morgan fingerprint density at radius 1 is 0.511 bits per heavy atom. The number of benzene rings is 4. The first kappa shape index (κ1) is 38.0. The van der Waals surface area contributed by atoms with Gasteiger partial charge in [0.05, 0.1) is 37.1 Å². The van der Waals surface area contributed by atoms with Gasteiger partial charge in [-0.2, -0.15) is 0 Å². The molecule has 4 aromatic carbocycles. The lowest BCUT2D eigenvalue weighted by Crippen LogP contribution is -2.05. The van der Waals surface area contributed by atoms with Crippen LogP contribution in [0.25, 0.3) is 0 Å².